The number of nitrogens with zero attached hydrogens (tertiary/aromatic N) is 4. The maximum Gasteiger partial charge on any atom is 0.246 e. The summed E-state index contributed by atoms with van der Waals surface area (Å²) in [5.74, 6) is -0.168. The van der Waals surface area contributed by atoms with Gasteiger partial charge in [0, 0.05) is 11.6 Å². The molecule has 1 amide bonds. The minimum Gasteiger partial charge on any atom is -0.323 e. The predicted molar refractivity (Wildman–Crippen MR) is 87.9 cm³/mol. The SMILES string of the molecule is O=C(Cn1nnc2ccccc21)Nc1cccc2cccnc12. The normalized spacial score (nSPS) is 11.0. The van der Waals surface area contributed by atoms with Crippen LogP contribution in [0.15, 0.2) is 60.8 Å². The summed E-state index contributed by atoms with van der Waals surface area (Å²) in [6.07, 6.45) is 1.71. The molecule has 0 aliphatic carbocycles. The van der Waals surface area contributed by atoms with Crippen molar-refractivity contribution in [2.24, 2.45) is 0 Å². The summed E-state index contributed by atoms with van der Waals surface area (Å²) in [5.41, 5.74) is 3.06. The first-order valence-corrected chi connectivity index (χ1v) is 7.23. The molecule has 0 atom stereocenters. The minimum absolute atomic E-state index is 0.101. The van der Waals surface area contributed by atoms with E-state index in [-0.39, 0.29) is 12.5 Å². The van der Waals surface area contributed by atoms with Crippen LogP contribution in [0, 0.1) is 0 Å². The van der Waals surface area contributed by atoms with E-state index in [2.05, 4.69) is 20.6 Å². The Morgan fingerprint density at radius 3 is 2.87 bits per heavy atom. The van der Waals surface area contributed by atoms with E-state index in [1.54, 1.807) is 10.9 Å². The molecule has 0 bridgehead atoms. The van der Waals surface area contributed by atoms with Crippen LogP contribution >= 0.6 is 0 Å². The molecule has 0 aliphatic heterocycles. The lowest BCUT2D eigenvalue weighted by molar-refractivity contribution is -0.116. The van der Waals surface area contributed by atoms with Gasteiger partial charge in [0.2, 0.25) is 5.91 Å². The lowest BCUT2D eigenvalue weighted by Crippen LogP contribution is -2.19. The molecular formula is C17H13N5O. The quantitative estimate of drug-likeness (QED) is 0.631. The number of pyridine rings is 1. The molecule has 0 aliphatic rings. The van der Waals surface area contributed by atoms with Crippen molar-refractivity contribution in [3.05, 3.63) is 60.8 Å². The fourth-order valence-electron chi connectivity index (χ4n) is 2.56. The molecule has 2 heterocycles. The second kappa shape index (κ2) is 5.49. The van der Waals surface area contributed by atoms with Crippen molar-refractivity contribution in [3.8, 4) is 0 Å². The number of hydrogen-bond acceptors (Lipinski definition) is 4. The van der Waals surface area contributed by atoms with Gasteiger partial charge in [0.1, 0.15) is 12.1 Å². The van der Waals surface area contributed by atoms with Gasteiger partial charge in [-0.3, -0.25) is 9.78 Å². The Bertz CT molecular complexity index is 1000. The van der Waals surface area contributed by atoms with Gasteiger partial charge in [0.05, 0.1) is 16.7 Å². The lowest BCUT2D eigenvalue weighted by atomic mass is 10.2. The molecule has 0 radical (unpaired) electrons. The van der Waals surface area contributed by atoms with E-state index >= 15 is 0 Å². The Hall–Kier alpha value is -3.28. The highest BCUT2D eigenvalue weighted by Gasteiger charge is 2.10. The van der Waals surface area contributed by atoms with Gasteiger partial charge in [0.25, 0.3) is 0 Å². The first kappa shape index (κ1) is 13.4. The molecule has 0 fully saturated rings. The van der Waals surface area contributed by atoms with Crippen LogP contribution in [0.5, 0.6) is 0 Å². The average Bonchev–Trinajstić information content (AvgIpc) is 2.98. The summed E-state index contributed by atoms with van der Waals surface area (Å²) < 4.78 is 1.59. The van der Waals surface area contributed by atoms with E-state index in [0.29, 0.717) is 5.69 Å². The first-order valence-electron chi connectivity index (χ1n) is 7.23. The second-order valence-corrected chi connectivity index (χ2v) is 5.16. The minimum atomic E-state index is -0.168. The molecular weight excluding hydrogens is 290 g/mol. The molecule has 0 spiro atoms. The summed E-state index contributed by atoms with van der Waals surface area (Å²) in [6.45, 7) is 0.101. The number of carbonyl (C=O) groups excluding carboxylic acids is 1. The van der Waals surface area contributed by atoms with Crippen LogP contribution in [-0.4, -0.2) is 25.9 Å². The molecule has 6 heteroatoms. The fraction of sp³-hybridized carbons (Fsp3) is 0.0588. The summed E-state index contributed by atoms with van der Waals surface area (Å²) in [6, 6.07) is 17.1. The zero-order valence-corrected chi connectivity index (χ0v) is 12.2. The van der Waals surface area contributed by atoms with Crippen molar-refractivity contribution in [2.45, 2.75) is 6.54 Å². The first-order chi connectivity index (χ1) is 11.3. The smallest absolute Gasteiger partial charge is 0.246 e. The van der Waals surface area contributed by atoms with Crippen molar-refractivity contribution in [3.63, 3.8) is 0 Å². The summed E-state index contributed by atoms with van der Waals surface area (Å²) in [7, 11) is 0. The van der Waals surface area contributed by atoms with Gasteiger partial charge in [-0.05, 0) is 24.3 Å². The van der Waals surface area contributed by atoms with Gasteiger partial charge in [-0.25, -0.2) is 4.68 Å². The number of hydrogen-bond donors (Lipinski definition) is 1. The molecule has 2 aromatic carbocycles. The Morgan fingerprint density at radius 1 is 1.04 bits per heavy atom. The number of fused-ring (bicyclic) bond motifs is 2. The Labute approximate surface area is 131 Å². The highest BCUT2D eigenvalue weighted by Crippen LogP contribution is 2.20. The maximum absolute atomic E-state index is 12.3. The van der Waals surface area contributed by atoms with E-state index in [1.807, 2.05) is 54.6 Å². The summed E-state index contributed by atoms with van der Waals surface area (Å²) in [4.78, 5) is 16.7. The third-order valence-corrected chi connectivity index (χ3v) is 3.62. The van der Waals surface area contributed by atoms with Gasteiger partial charge in [-0.2, -0.15) is 0 Å². The van der Waals surface area contributed by atoms with Crippen LogP contribution < -0.4 is 5.32 Å². The third-order valence-electron chi connectivity index (χ3n) is 3.62. The summed E-state index contributed by atoms with van der Waals surface area (Å²) in [5, 5.41) is 12.0. The van der Waals surface area contributed by atoms with Gasteiger partial charge in [-0.1, -0.05) is 35.5 Å². The number of para-hydroxylation sites is 2. The number of anilines is 1. The molecule has 6 nitrogen and oxygen atoms in total. The van der Waals surface area contributed by atoms with Crippen molar-refractivity contribution in [1.29, 1.82) is 0 Å². The van der Waals surface area contributed by atoms with Gasteiger partial charge in [0.15, 0.2) is 0 Å². The maximum atomic E-state index is 12.3. The van der Waals surface area contributed by atoms with Crippen LogP contribution in [0.3, 0.4) is 0 Å². The van der Waals surface area contributed by atoms with Gasteiger partial charge >= 0.3 is 0 Å². The van der Waals surface area contributed by atoms with Gasteiger partial charge < -0.3 is 5.32 Å². The predicted octanol–water partition coefficient (Wildman–Crippen LogP) is 2.62. The largest absolute Gasteiger partial charge is 0.323 e. The van der Waals surface area contributed by atoms with E-state index in [4.69, 9.17) is 0 Å². The molecule has 2 aromatic heterocycles. The molecule has 0 saturated carbocycles. The fourth-order valence-corrected chi connectivity index (χ4v) is 2.56. The number of amides is 1. The Kier molecular flexibility index (Phi) is 3.20. The lowest BCUT2D eigenvalue weighted by Gasteiger charge is -2.08. The number of rotatable bonds is 3. The molecule has 0 unspecified atom stereocenters. The highest BCUT2D eigenvalue weighted by atomic mass is 16.2. The van der Waals surface area contributed by atoms with Crippen molar-refractivity contribution in [2.75, 3.05) is 5.32 Å². The molecule has 4 aromatic rings. The van der Waals surface area contributed by atoms with Crippen LogP contribution in [0.2, 0.25) is 0 Å². The number of aromatic nitrogens is 4. The van der Waals surface area contributed by atoms with Gasteiger partial charge in [-0.15, -0.1) is 5.10 Å². The molecule has 4 rings (SSSR count). The van der Waals surface area contributed by atoms with Crippen molar-refractivity contribution < 1.29 is 4.79 Å². The number of nitrogens with one attached hydrogen (secondary N) is 1. The van der Waals surface area contributed by atoms with E-state index in [1.165, 1.54) is 0 Å². The highest BCUT2D eigenvalue weighted by molar-refractivity contribution is 6.00. The van der Waals surface area contributed by atoms with Crippen molar-refractivity contribution >= 4 is 33.5 Å². The van der Waals surface area contributed by atoms with Crippen molar-refractivity contribution in [1.82, 2.24) is 20.0 Å². The molecule has 23 heavy (non-hydrogen) atoms. The topological polar surface area (TPSA) is 72.7 Å². The number of benzene rings is 2. The number of carbonyl (C=O) groups is 1. The van der Waals surface area contributed by atoms with Crippen LogP contribution in [-0.2, 0) is 11.3 Å². The third kappa shape index (κ3) is 2.50. The van der Waals surface area contributed by atoms with Crippen LogP contribution in [0.25, 0.3) is 21.9 Å². The molecule has 0 saturated heterocycles. The van der Waals surface area contributed by atoms with E-state index < -0.39 is 0 Å². The average molecular weight is 303 g/mol. The standard InChI is InChI=1S/C17H13N5O/c23-16(11-22-15-9-2-1-7-13(15)20-21-22)19-14-8-3-5-12-6-4-10-18-17(12)14/h1-10H,11H2,(H,19,23). The molecule has 112 valence electrons. The van der Waals surface area contributed by atoms with E-state index in [0.717, 1.165) is 21.9 Å². The van der Waals surface area contributed by atoms with E-state index in [9.17, 15) is 4.79 Å². The Balaban J connectivity index is 1.60. The summed E-state index contributed by atoms with van der Waals surface area (Å²) >= 11 is 0. The van der Waals surface area contributed by atoms with Crippen LogP contribution in [0.1, 0.15) is 0 Å². The monoisotopic (exact) mass is 303 g/mol. The molecule has 1 N–H and O–H groups in total. The van der Waals surface area contributed by atoms with Crippen LogP contribution in [0.4, 0.5) is 5.69 Å². The second-order valence-electron chi connectivity index (χ2n) is 5.16. The zero-order valence-electron chi connectivity index (χ0n) is 12.2. The Morgan fingerprint density at radius 2 is 1.91 bits per heavy atom. The zero-order chi connectivity index (χ0) is 15.6.